The lowest BCUT2D eigenvalue weighted by Gasteiger charge is -2.32. The molecule has 0 aromatic heterocycles. The van der Waals surface area contributed by atoms with Crippen molar-refractivity contribution in [1.29, 1.82) is 0 Å². The van der Waals surface area contributed by atoms with Crippen molar-refractivity contribution in [3.8, 4) is 0 Å². The Hall–Kier alpha value is -2.76. The number of benzene rings is 2. The fraction of sp³-hybridized carbons (Fsp3) is 0.333. The van der Waals surface area contributed by atoms with Crippen molar-refractivity contribution in [2.75, 3.05) is 13.1 Å². The maximum Gasteiger partial charge on any atom is 0.253 e. The van der Waals surface area contributed by atoms with Crippen LogP contribution in [0.1, 0.15) is 34.3 Å². The molecule has 2 aromatic rings. The molecule has 1 fully saturated rings. The van der Waals surface area contributed by atoms with Gasteiger partial charge in [0.05, 0.1) is 5.92 Å². The molecular weight excluding hydrogens is 350 g/mol. The summed E-state index contributed by atoms with van der Waals surface area (Å²) in [5, 5.41) is 2.83. The molecule has 1 atom stereocenters. The number of hydrogen-bond acceptors (Lipinski definition) is 2. The minimum atomic E-state index is -0.394. The quantitative estimate of drug-likeness (QED) is 0.894. The third-order valence-corrected chi connectivity index (χ3v) is 4.87. The second-order valence-electron chi connectivity index (χ2n) is 6.90. The van der Waals surface area contributed by atoms with E-state index in [-0.39, 0.29) is 30.1 Å². The average Bonchev–Trinajstić information content (AvgIpc) is 2.69. The van der Waals surface area contributed by atoms with Crippen molar-refractivity contribution in [2.45, 2.75) is 26.3 Å². The second-order valence-corrected chi connectivity index (χ2v) is 6.90. The van der Waals surface area contributed by atoms with Gasteiger partial charge in [-0.25, -0.2) is 8.78 Å². The zero-order valence-electron chi connectivity index (χ0n) is 15.2. The summed E-state index contributed by atoms with van der Waals surface area (Å²) in [7, 11) is 0. The number of nitrogens with zero attached hydrogens (tertiary/aromatic N) is 1. The first-order valence-corrected chi connectivity index (χ1v) is 9.01. The van der Waals surface area contributed by atoms with Gasteiger partial charge in [-0.2, -0.15) is 0 Å². The van der Waals surface area contributed by atoms with E-state index in [1.807, 2.05) is 0 Å². The molecule has 0 saturated carbocycles. The van der Waals surface area contributed by atoms with Crippen LogP contribution in [0.5, 0.6) is 0 Å². The Morgan fingerprint density at radius 3 is 2.59 bits per heavy atom. The van der Waals surface area contributed by atoms with Crippen LogP contribution in [0.25, 0.3) is 0 Å². The summed E-state index contributed by atoms with van der Waals surface area (Å²) in [6.45, 7) is 2.83. The Bertz CT molecular complexity index is 837. The third-order valence-electron chi connectivity index (χ3n) is 4.87. The van der Waals surface area contributed by atoms with Crippen LogP contribution in [0.15, 0.2) is 42.5 Å². The van der Waals surface area contributed by atoms with E-state index in [0.29, 0.717) is 36.2 Å². The predicted molar refractivity (Wildman–Crippen MR) is 98.0 cm³/mol. The minimum Gasteiger partial charge on any atom is -0.352 e. The molecular formula is C21H22F2N2O2. The van der Waals surface area contributed by atoms with Gasteiger partial charge in [0.1, 0.15) is 11.6 Å². The second kappa shape index (κ2) is 8.29. The van der Waals surface area contributed by atoms with Crippen LogP contribution in [-0.2, 0) is 11.3 Å². The highest BCUT2D eigenvalue weighted by Gasteiger charge is 2.28. The average molecular weight is 372 g/mol. The molecule has 2 amide bonds. The number of nitrogens with one attached hydrogen (secondary N) is 1. The van der Waals surface area contributed by atoms with Crippen molar-refractivity contribution in [1.82, 2.24) is 10.2 Å². The summed E-state index contributed by atoms with van der Waals surface area (Å²) in [4.78, 5) is 26.7. The number of piperidine rings is 1. The van der Waals surface area contributed by atoms with E-state index in [0.717, 1.165) is 6.42 Å². The lowest BCUT2D eigenvalue weighted by atomic mass is 9.96. The molecule has 1 heterocycles. The van der Waals surface area contributed by atoms with E-state index in [9.17, 15) is 18.4 Å². The van der Waals surface area contributed by atoms with E-state index in [1.165, 1.54) is 30.3 Å². The molecule has 4 nitrogen and oxygen atoms in total. The van der Waals surface area contributed by atoms with Gasteiger partial charge in [0, 0.05) is 25.2 Å². The first kappa shape index (κ1) is 19.0. The van der Waals surface area contributed by atoms with Crippen molar-refractivity contribution in [3.63, 3.8) is 0 Å². The van der Waals surface area contributed by atoms with Crippen molar-refractivity contribution in [3.05, 3.63) is 70.8 Å². The zero-order chi connectivity index (χ0) is 19.4. The summed E-state index contributed by atoms with van der Waals surface area (Å²) < 4.78 is 26.6. The van der Waals surface area contributed by atoms with Crippen LogP contribution >= 0.6 is 0 Å². The summed E-state index contributed by atoms with van der Waals surface area (Å²) in [5.41, 5.74) is 1.67. The van der Waals surface area contributed by atoms with Crippen LogP contribution in [0.2, 0.25) is 0 Å². The molecule has 0 spiro atoms. The predicted octanol–water partition coefficient (Wildman–Crippen LogP) is 3.44. The van der Waals surface area contributed by atoms with Crippen LogP contribution < -0.4 is 5.32 Å². The Morgan fingerprint density at radius 2 is 1.89 bits per heavy atom. The van der Waals surface area contributed by atoms with Gasteiger partial charge < -0.3 is 10.2 Å². The van der Waals surface area contributed by atoms with Gasteiger partial charge in [0.15, 0.2) is 0 Å². The van der Waals surface area contributed by atoms with E-state index < -0.39 is 5.82 Å². The molecule has 1 aliphatic heterocycles. The Labute approximate surface area is 157 Å². The smallest absolute Gasteiger partial charge is 0.253 e. The number of carbonyl (C=O) groups excluding carboxylic acids is 2. The summed E-state index contributed by atoms with van der Waals surface area (Å²) >= 11 is 0. The van der Waals surface area contributed by atoms with Gasteiger partial charge in [-0.3, -0.25) is 9.59 Å². The first-order chi connectivity index (χ1) is 12.9. The van der Waals surface area contributed by atoms with Crippen LogP contribution in [0.3, 0.4) is 0 Å². The topological polar surface area (TPSA) is 49.4 Å². The highest BCUT2D eigenvalue weighted by Crippen LogP contribution is 2.19. The third kappa shape index (κ3) is 4.70. The molecule has 1 N–H and O–H groups in total. The molecule has 2 aromatic carbocycles. The lowest BCUT2D eigenvalue weighted by molar-refractivity contribution is -0.126. The normalized spacial score (nSPS) is 16.9. The number of rotatable bonds is 4. The Morgan fingerprint density at radius 1 is 1.15 bits per heavy atom. The Kier molecular flexibility index (Phi) is 5.84. The molecule has 1 saturated heterocycles. The van der Waals surface area contributed by atoms with Gasteiger partial charge >= 0.3 is 0 Å². The standard InChI is InChI=1S/C21H22F2N2O2/c1-14-4-5-15(11-19(14)23)12-24-20(26)17-3-2-10-25(13-17)21(27)16-6-8-18(22)9-7-16/h4-9,11,17H,2-3,10,12-13H2,1H3,(H,24,26). The number of aryl methyl sites for hydroxylation is 1. The van der Waals surface area contributed by atoms with E-state index >= 15 is 0 Å². The lowest BCUT2D eigenvalue weighted by Crippen LogP contribution is -2.45. The van der Waals surface area contributed by atoms with Gasteiger partial charge in [-0.15, -0.1) is 0 Å². The summed E-state index contributed by atoms with van der Waals surface area (Å²) in [6, 6.07) is 10.3. The fourth-order valence-corrected chi connectivity index (χ4v) is 3.23. The number of hydrogen-bond donors (Lipinski definition) is 1. The molecule has 1 aliphatic rings. The number of carbonyl (C=O) groups is 2. The molecule has 142 valence electrons. The maximum absolute atomic E-state index is 13.6. The van der Waals surface area contributed by atoms with Crippen molar-refractivity contribution < 1.29 is 18.4 Å². The fourth-order valence-electron chi connectivity index (χ4n) is 3.23. The molecule has 0 bridgehead atoms. The molecule has 3 rings (SSSR count). The highest BCUT2D eigenvalue weighted by molar-refractivity contribution is 5.94. The SMILES string of the molecule is Cc1ccc(CNC(=O)C2CCCN(C(=O)c3ccc(F)cc3)C2)cc1F. The van der Waals surface area contributed by atoms with Crippen LogP contribution in [0, 0.1) is 24.5 Å². The molecule has 0 aliphatic carbocycles. The van der Waals surface area contributed by atoms with E-state index in [1.54, 1.807) is 24.0 Å². The first-order valence-electron chi connectivity index (χ1n) is 9.01. The van der Waals surface area contributed by atoms with Gasteiger partial charge in [-0.1, -0.05) is 12.1 Å². The van der Waals surface area contributed by atoms with Gasteiger partial charge in [0.25, 0.3) is 5.91 Å². The molecule has 27 heavy (non-hydrogen) atoms. The van der Waals surface area contributed by atoms with Crippen molar-refractivity contribution >= 4 is 11.8 Å². The number of amides is 2. The number of likely N-dealkylation sites (tertiary alicyclic amines) is 1. The molecule has 6 heteroatoms. The Balaban J connectivity index is 1.58. The molecule has 1 unspecified atom stereocenters. The number of halogens is 2. The van der Waals surface area contributed by atoms with Crippen LogP contribution in [0.4, 0.5) is 8.78 Å². The van der Waals surface area contributed by atoms with Gasteiger partial charge in [0.2, 0.25) is 5.91 Å². The largest absolute Gasteiger partial charge is 0.352 e. The van der Waals surface area contributed by atoms with E-state index in [2.05, 4.69) is 5.32 Å². The maximum atomic E-state index is 13.6. The van der Waals surface area contributed by atoms with E-state index in [4.69, 9.17) is 0 Å². The zero-order valence-corrected chi connectivity index (χ0v) is 15.2. The van der Waals surface area contributed by atoms with Crippen LogP contribution in [-0.4, -0.2) is 29.8 Å². The highest BCUT2D eigenvalue weighted by atomic mass is 19.1. The van der Waals surface area contributed by atoms with Crippen molar-refractivity contribution in [2.24, 2.45) is 5.92 Å². The summed E-state index contributed by atoms with van der Waals surface area (Å²) in [6.07, 6.45) is 1.42. The monoisotopic (exact) mass is 372 g/mol. The summed E-state index contributed by atoms with van der Waals surface area (Å²) in [5.74, 6) is -1.34. The minimum absolute atomic E-state index is 0.146. The van der Waals surface area contributed by atoms with Gasteiger partial charge in [-0.05, 0) is 61.2 Å². The molecule has 0 radical (unpaired) electrons.